The monoisotopic (exact) mass is 135 g/mol. The summed E-state index contributed by atoms with van der Waals surface area (Å²) in [6, 6.07) is 0. The molecule has 52 valence electrons. The van der Waals surface area contributed by atoms with Crippen molar-refractivity contribution in [2.24, 2.45) is 5.73 Å². The Bertz CT molecular complexity index is 237. The first-order valence-electron chi connectivity index (χ1n) is 3.22. The molecule has 2 rings (SSSR count). The van der Waals surface area contributed by atoms with Crippen LogP contribution in [0.1, 0.15) is 0 Å². The molecule has 0 aromatic heterocycles. The Hall–Kier alpha value is -1.38. The zero-order chi connectivity index (χ0) is 6.97. The van der Waals surface area contributed by atoms with E-state index in [9.17, 15) is 0 Å². The average molecular weight is 135 g/mol. The van der Waals surface area contributed by atoms with Crippen molar-refractivity contribution in [1.82, 2.24) is 10.6 Å². The van der Waals surface area contributed by atoms with Gasteiger partial charge >= 0.3 is 0 Å². The fraction of sp³-hybridized carbons (Fsp3) is 0.143. The number of hydrogen-bond acceptors (Lipinski definition) is 3. The first-order valence-corrected chi connectivity index (χ1v) is 3.22. The molecule has 0 saturated heterocycles. The molecular formula is C7H9N3. The molecule has 0 amide bonds. The highest BCUT2D eigenvalue weighted by Gasteiger charge is 2.15. The molecular weight excluding hydrogens is 126 g/mol. The van der Waals surface area contributed by atoms with Crippen LogP contribution in [-0.4, -0.2) is 6.17 Å². The van der Waals surface area contributed by atoms with Crippen molar-refractivity contribution in [3.63, 3.8) is 0 Å². The van der Waals surface area contributed by atoms with E-state index in [1.165, 1.54) is 5.57 Å². The SMILES string of the molecule is NC1=CNC2NC=CC2=C1. The van der Waals surface area contributed by atoms with Crippen molar-refractivity contribution in [3.05, 3.63) is 35.8 Å². The van der Waals surface area contributed by atoms with Gasteiger partial charge in [0.2, 0.25) is 0 Å². The largest absolute Gasteiger partial charge is 0.398 e. The molecule has 3 heteroatoms. The van der Waals surface area contributed by atoms with Gasteiger partial charge in [0.1, 0.15) is 6.17 Å². The number of allylic oxidation sites excluding steroid dienone is 1. The number of fused-ring (bicyclic) bond motifs is 1. The summed E-state index contributed by atoms with van der Waals surface area (Å²) >= 11 is 0. The number of rotatable bonds is 0. The molecule has 0 radical (unpaired) electrons. The van der Waals surface area contributed by atoms with Crippen LogP contribution in [0.4, 0.5) is 0 Å². The molecule has 1 unspecified atom stereocenters. The molecule has 1 atom stereocenters. The topological polar surface area (TPSA) is 50.1 Å². The van der Waals surface area contributed by atoms with Gasteiger partial charge in [-0.2, -0.15) is 0 Å². The van der Waals surface area contributed by atoms with E-state index in [-0.39, 0.29) is 6.17 Å². The molecule has 4 N–H and O–H groups in total. The standard InChI is InChI=1S/C7H9N3/c8-6-3-5-1-2-9-7(5)10-4-6/h1-4,7,9-10H,8H2. The Labute approximate surface area is 59.3 Å². The third-order valence-electron chi connectivity index (χ3n) is 1.62. The highest BCUT2D eigenvalue weighted by molar-refractivity contribution is 5.38. The van der Waals surface area contributed by atoms with Crippen LogP contribution in [0.5, 0.6) is 0 Å². The number of nitrogens with one attached hydrogen (secondary N) is 2. The lowest BCUT2D eigenvalue weighted by molar-refractivity contribution is 0.629. The van der Waals surface area contributed by atoms with E-state index in [1.54, 1.807) is 6.20 Å². The van der Waals surface area contributed by atoms with E-state index in [0.717, 1.165) is 5.70 Å². The van der Waals surface area contributed by atoms with Crippen LogP contribution >= 0.6 is 0 Å². The minimum Gasteiger partial charge on any atom is -0.398 e. The van der Waals surface area contributed by atoms with Crippen molar-refractivity contribution in [3.8, 4) is 0 Å². The minimum atomic E-state index is 0.243. The van der Waals surface area contributed by atoms with Gasteiger partial charge in [-0.15, -0.1) is 0 Å². The van der Waals surface area contributed by atoms with E-state index in [1.807, 2.05) is 18.4 Å². The van der Waals surface area contributed by atoms with Gasteiger partial charge in [-0.25, -0.2) is 0 Å². The van der Waals surface area contributed by atoms with Gasteiger partial charge in [0.15, 0.2) is 0 Å². The van der Waals surface area contributed by atoms with Gasteiger partial charge in [-0.05, 0) is 23.9 Å². The van der Waals surface area contributed by atoms with Crippen molar-refractivity contribution in [2.45, 2.75) is 6.17 Å². The van der Waals surface area contributed by atoms with Crippen LogP contribution in [0.25, 0.3) is 0 Å². The zero-order valence-electron chi connectivity index (χ0n) is 5.46. The van der Waals surface area contributed by atoms with E-state index >= 15 is 0 Å². The second-order valence-electron chi connectivity index (χ2n) is 2.39. The zero-order valence-corrected chi connectivity index (χ0v) is 5.46. The Kier molecular flexibility index (Phi) is 0.974. The summed E-state index contributed by atoms with van der Waals surface area (Å²) in [5, 5.41) is 6.22. The van der Waals surface area contributed by atoms with Crippen LogP contribution in [0.15, 0.2) is 35.8 Å². The maximum absolute atomic E-state index is 5.55. The number of nitrogens with two attached hydrogens (primary N) is 1. The fourth-order valence-electron chi connectivity index (χ4n) is 1.12. The first-order chi connectivity index (χ1) is 4.86. The fourth-order valence-corrected chi connectivity index (χ4v) is 1.12. The van der Waals surface area contributed by atoms with Crippen molar-refractivity contribution >= 4 is 0 Å². The quantitative estimate of drug-likeness (QED) is 0.429. The minimum absolute atomic E-state index is 0.243. The predicted octanol–water partition coefficient (Wildman–Crippen LogP) is -0.241. The van der Waals surface area contributed by atoms with Crippen LogP contribution in [-0.2, 0) is 0 Å². The molecule has 3 nitrogen and oxygen atoms in total. The van der Waals surface area contributed by atoms with Crippen LogP contribution in [0, 0.1) is 0 Å². The maximum Gasteiger partial charge on any atom is 0.122 e. The van der Waals surface area contributed by atoms with E-state index in [4.69, 9.17) is 5.73 Å². The summed E-state index contributed by atoms with van der Waals surface area (Å²) in [7, 11) is 0. The summed E-state index contributed by atoms with van der Waals surface area (Å²) in [5.74, 6) is 0. The lowest BCUT2D eigenvalue weighted by atomic mass is 10.1. The lowest BCUT2D eigenvalue weighted by Gasteiger charge is -2.17. The highest BCUT2D eigenvalue weighted by Crippen LogP contribution is 2.13. The number of dihydropyridines is 1. The molecule has 0 saturated carbocycles. The van der Waals surface area contributed by atoms with Crippen molar-refractivity contribution < 1.29 is 0 Å². The highest BCUT2D eigenvalue weighted by atomic mass is 15.1. The van der Waals surface area contributed by atoms with Crippen molar-refractivity contribution in [1.29, 1.82) is 0 Å². The first kappa shape index (κ1) is 5.41. The number of hydrogen-bond donors (Lipinski definition) is 3. The molecule has 0 bridgehead atoms. The van der Waals surface area contributed by atoms with Gasteiger partial charge in [0.05, 0.1) is 0 Å². The molecule has 0 aliphatic carbocycles. The second-order valence-corrected chi connectivity index (χ2v) is 2.39. The smallest absolute Gasteiger partial charge is 0.122 e. The molecule has 2 heterocycles. The average Bonchev–Trinajstić information content (AvgIpc) is 2.33. The van der Waals surface area contributed by atoms with E-state index in [2.05, 4.69) is 10.6 Å². The Morgan fingerprint density at radius 2 is 2.30 bits per heavy atom. The summed E-state index contributed by atoms with van der Waals surface area (Å²) in [4.78, 5) is 0. The molecule has 10 heavy (non-hydrogen) atoms. The van der Waals surface area contributed by atoms with Crippen LogP contribution < -0.4 is 16.4 Å². The summed E-state index contributed by atoms with van der Waals surface area (Å²) in [5.41, 5.74) is 7.52. The summed E-state index contributed by atoms with van der Waals surface area (Å²) in [6.07, 6.45) is 7.92. The molecule has 2 aliphatic rings. The molecule has 2 aliphatic heterocycles. The third kappa shape index (κ3) is 0.673. The molecule has 0 spiro atoms. The third-order valence-corrected chi connectivity index (χ3v) is 1.62. The van der Waals surface area contributed by atoms with Crippen LogP contribution in [0.2, 0.25) is 0 Å². The van der Waals surface area contributed by atoms with Gasteiger partial charge in [0.25, 0.3) is 0 Å². The van der Waals surface area contributed by atoms with Gasteiger partial charge < -0.3 is 16.4 Å². The molecule has 0 fully saturated rings. The maximum atomic E-state index is 5.55. The molecule has 0 aromatic rings. The molecule has 0 aromatic carbocycles. The van der Waals surface area contributed by atoms with Crippen molar-refractivity contribution in [2.75, 3.05) is 0 Å². The van der Waals surface area contributed by atoms with Crippen LogP contribution in [0.3, 0.4) is 0 Å². The summed E-state index contributed by atoms with van der Waals surface area (Å²) in [6.45, 7) is 0. The Morgan fingerprint density at radius 1 is 1.40 bits per heavy atom. The van der Waals surface area contributed by atoms with E-state index < -0.39 is 0 Å². The normalized spacial score (nSPS) is 27.8. The van der Waals surface area contributed by atoms with Gasteiger partial charge in [0, 0.05) is 11.9 Å². The van der Waals surface area contributed by atoms with Gasteiger partial charge in [-0.1, -0.05) is 0 Å². The Balaban J connectivity index is 2.31. The second kappa shape index (κ2) is 1.80. The Morgan fingerprint density at radius 3 is 3.20 bits per heavy atom. The summed E-state index contributed by atoms with van der Waals surface area (Å²) < 4.78 is 0. The van der Waals surface area contributed by atoms with Gasteiger partial charge in [-0.3, -0.25) is 0 Å². The predicted molar refractivity (Wildman–Crippen MR) is 39.6 cm³/mol. The van der Waals surface area contributed by atoms with E-state index in [0.29, 0.717) is 0 Å². The lowest BCUT2D eigenvalue weighted by Crippen LogP contribution is -2.36.